The van der Waals surface area contributed by atoms with Crippen LogP contribution in [0.5, 0.6) is 0 Å². The summed E-state index contributed by atoms with van der Waals surface area (Å²) in [6.45, 7) is 7.47. The van der Waals surface area contributed by atoms with Crippen molar-refractivity contribution in [3.8, 4) is 0 Å². The van der Waals surface area contributed by atoms with Gasteiger partial charge >= 0.3 is 0 Å². The summed E-state index contributed by atoms with van der Waals surface area (Å²) < 4.78 is 0. The summed E-state index contributed by atoms with van der Waals surface area (Å²) in [6, 6.07) is 4.57. The molecule has 7 nitrogen and oxygen atoms in total. The number of nitrogens with two attached hydrogens (primary N) is 1. The molecule has 0 spiro atoms. The number of piperidine rings is 1. The van der Waals surface area contributed by atoms with Crippen molar-refractivity contribution < 1.29 is 4.79 Å². The van der Waals surface area contributed by atoms with Gasteiger partial charge in [0.1, 0.15) is 5.82 Å². The number of carbonyl (C=O) groups is 1. The molecule has 3 rings (SSSR count). The lowest BCUT2D eigenvalue weighted by Crippen LogP contribution is -2.44. The Hall–Kier alpha value is -2.31. The number of amides is 1. The molecule has 160 valence electrons. The van der Waals surface area contributed by atoms with E-state index in [0.717, 1.165) is 55.7 Å². The Balaban J connectivity index is 1.64. The first-order valence-electron chi connectivity index (χ1n) is 11.1. The zero-order valence-electron chi connectivity index (χ0n) is 17.9. The van der Waals surface area contributed by atoms with E-state index in [1.165, 1.54) is 25.7 Å². The lowest BCUT2D eigenvalue weighted by Gasteiger charge is -2.32. The predicted molar refractivity (Wildman–Crippen MR) is 118 cm³/mol. The van der Waals surface area contributed by atoms with Crippen LogP contribution < -0.4 is 21.3 Å². The Bertz CT molecular complexity index is 690. The van der Waals surface area contributed by atoms with Crippen LogP contribution in [0.4, 0.5) is 5.82 Å². The van der Waals surface area contributed by atoms with Gasteiger partial charge in [0.2, 0.25) is 5.91 Å². The number of nitrogens with one attached hydrogen (secondary N) is 2. The van der Waals surface area contributed by atoms with Crippen LogP contribution in [-0.2, 0) is 11.3 Å². The zero-order chi connectivity index (χ0) is 20.6. The lowest BCUT2D eigenvalue weighted by atomic mass is 9.87. The van der Waals surface area contributed by atoms with Crippen LogP contribution in [0.25, 0.3) is 0 Å². The van der Waals surface area contributed by atoms with E-state index in [4.69, 9.17) is 10.7 Å². The molecular formula is C22H36N6O. The highest BCUT2D eigenvalue weighted by atomic mass is 16.1. The highest BCUT2D eigenvalue weighted by Crippen LogP contribution is 2.25. The Labute approximate surface area is 174 Å². The van der Waals surface area contributed by atoms with E-state index in [2.05, 4.69) is 40.4 Å². The summed E-state index contributed by atoms with van der Waals surface area (Å²) in [5.74, 6) is 2.49. The third-order valence-electron chi connectivity index (χ3n) is 6.17. The molecular weight excluding hydrogens is 364 g/mol. The lowest BCUT2D eigenvalue weighted by molar-refractivity contribution is -0.122. The molecule has 0 aromatic carbocycles. The molecule has 0 bridgehead atoms. The maximum atomic E-state index is 11.4. The summed E-state index contributed by atoms with van der Waals surface area (Å²) >= 11 is 0. The van der Waals surface area contributed by atoms with Crippen LogP contribution in [0.2, 0.25) is 0 Å². The smallest absolute Gasteiger partial charge is 0.220 e. The molecule has 2 heterocycles. The maximum Gasteiger partial charge on any atom is 0.220 e. The van der Waals surface area contributed by atoms with E-state index in [9.17, 15) is 4.79 Å². The molecule has 1 aromatic rings. The summed E-state index contributed by atoms with van der Waals surface area (Å²) in [5.41, 5.74) is 6.58. The number of pyridine rings is 1. The Morgan fingerprint density at radius 2 is 1.97 bits per heavy atom. The van der Waals surface area contributed by atoms with Gasteiger partial charge in [-0.15, -0.1) is 0 Å². The van der Waals surface area contributed by atoms with Crippen molar-refractivity contribution in [3.63, 3.8) is 0 Å². The van der Waals surface area contributed by atoms with Gasteiger partial charge in [-0.2, -0.15) is 0 Å². The highest BCUT2D eigenvalue weighted by Gasteiger charge is 2.25. The summed E-state index contributed by atoms with van der Waals surface area (Å²) in [4.78, 5) is 23.2. The number of hydrogen-bond donors (Lipinski definition) is 3. The first-order valence-corrected chi connectivity index (χ1v) is 11.1. The van der Waals surface area contributed by atoms with Crippen molar-refractivity contribution in [2.45, 2.75) is 65.0 Å². The van der Waals surface area contributed by atoms with Gasteiger partial charge in [0, 0.05) is 43.4 Å². The summed E-state index contributed by atoms with van der Waals surface area (Å²) in [7, 11) is 0. The van der Waals surface area contributed by atoms with Crippen molar-refractivity contribution in [1.82, 2.24) is 15.6 Å². The predicted octanol–water partition coefficient (Wildman–Crippen LogP) is 2.42. The van der Waals surface area contributed by atoms with E-state index in [1.54, 1.807) is 0 Å². The normalized spacial score (nSPS) is 23.7. The molecule has 1 aliphatic carbocycles. The fourth-order valence-electron chi connectivity index (χ4n) is 4.30. The van der Waals surface area contributed by atoms with Crippen molar-refractivity contribution >= 4 is 17.7 Å². The molecule has 1 saturated carbocycles. The minimum atomic E-state index is -0.186. The number of anilines is 1. The van der Waals surface area contributed by atoms with E-state index >= 15 is 0 Å². The molecule has 2 aliphatic rings. The molecule has 0 atom stereocenters. The Kier molecular flexibility index (Phi) is 7.72. The standard InChI is InChI=1S/C22H36N6O/c1-3-24-22(27-19-8-6-16(2)7-9-19)26-15-18-5-4-12-25-21(18)28-13-10-17(11-14-28)20(23)29/h4-5,12,16-17,19H,3,6-11,13-15H2,1-2H3,(H2,23,29)(H2,24,26,27). The second-order valence-corrected chi connectivity index (χ2v) is 8.45. The van der Waals surface area contributed by atoms with Gasteiger partial charge in [-0.3, -0.25) is 4.79 Å². The SMILES string of the molecule is CCNC(=NCc1cccnc1N1CCC(C(N)=O)CC1)NC1CCC(C)CC1. The first-order chi connectivity index (χ1) is 14.1. The van der Waals surface area contributed by atoms with Gasteiger partial charge in [0.05, 0.1) is 6.54 Å². The van der Waals surface area contributed by atoms with Gasteiger partial charge < -0.3 is 21.3 Å². The quantitative estimate of drug-likeness (QED) is 0.503. The molecule has 1 amide bonds. The largest absolute Gasteiger partial charge is 0.369 e. The average Bonchev–Trinajstić information content (AvgIpc) is 2.74. The van der Waals surface area contributed by atoms with E-state index in [-0.39, 0.29) is 11.8 Å². The van der Waals surface area contributed by atoms with E-state index in [1.807, 2.05) is 12.3 Å². The minimum Gasteiger partial charge on any atom is -0.369 e. The van der Waals surface area contributed by atoms with Crippen molar-refractivity contribution in [1.29, 1.82) is 0 Å². The molecule has 29 heavy (non-hydrogen) atoms. The Morgan fingerprint density at radius 1 is 1.24 bits per heavy atom. The summed E-state index contributed by atoms with van der Waals surface area (Å²) in [6.07, 6.45) is 8.39. The van der Waals surface area contributed by atoms with E-state index in [0.29, 0.717) is 12.6 Å². The van der Waals surface area contributed by atoms with Gasteiger partial charge in [-0.05, 0) is 57.4 Å². The van der Waals surface area contributed by atoms with Crippen molar-refractivity contribution in [2.24, 2.45) is 22.6 Å². The number of carbonyl (C=O) groups excluding carboxylic acids is 1. The van der Waals surface area contributed by atoms with Crippen LogP contribution >= 0.6 is 0 Å². The average molecular weight is 401 g/mol. The van der Waals surface area contributed by atoms with Crippen LogP contribution in [0, 0.1) is 11.8 Å². The Morgan fingerprint density at radius 3 is 2.62 bits per heavy atom. The van der Waals surface area contributed by atoms with Crippen molar-refractivity contribution in [3.05, 3.63) is 23.9 Å². The molecule has 1 aliphatic heterocycles. The second kappa shape index (κ2) is 10.5. The molecule has 0 unspecified atom stereocenters. The zero-order valence-corrected chi connectivity index (χ0v) is 17.9. The number of aliphatic imine (C=N–C) groups is 1. The number of primary amides is 1. The number of aromatic nitrogens is 1. The molecule has 2 fully saturated rings. The van der Waals surface area contributed by atoms with E-state index < -0.39 is 0 Å². The topological polar surface area (TPSA) is 95.6 Å². The summed E-state index contributed by atoms with van der Waals surface area (Å²) in [5, 5.41) is 7.00. The van der Waals surface area contributed by atoms with Crippen LogP contribution in [0.3, 0.4) is 0 Å². The fraction of sp³-hybridized carbons (Fsp3) is 0.682. The highest BCUT2D eigenvalue weighted by molar-refractivity contribution is 5.80. The second-order valence-electron chi connectivity index (χ2n) is 8.45. The minimum absolute atomic E-state index is 0.0146. The maximum absolute atomic E-state index is 11.4. The van der Waals surface area contributed by atoms with Crippen LogP contribution in [0.1, 0.15) is 57.9 Å². The third kappa shape index (κ3) is 6.08. The molecule has 0 radical (unpaired) electrons. The molecule has 1 saturated heterocycles. The number of nitrogens with zero attached hydrogens (tertiary/aromatic N) is 3. The van der Waals surface area contributed by atoms with Gasteiger partial charge in [-0.1, -0.05) is 13.0 Å². The third-order valence-corrected chi connectivity index (χ3v) is 6.17. The van der Waals surface area contributed by atoms with Crippen molar-refractivity contribution in [2.75, 3.05) is 24.5 Å². The molecule has 7 heteroatoms. The van der Waals surface area contributed by atoms with Crippen LogP contribution in [-0.4, -0.2) is 42.5 Å². The number of hydrogen-bond acceptors (Lipinski definition) is 4. The van der Waals surface area contributed by atoms with Crippen LogP contribution in [0.15, 0.2) is 23.3 Å². The fourth-order valence-corrected chi connectivity index (χ4v) is 4.30. The molecule has 4 N–H and O–H groups in total. The van der Waals surface area contributed by atoms with Gasteiger partial charge in [-0.25, -0.2) is 9.98 Å². The number of guanidine groups is 1. The van der Waals surface area contributed by atoms with Gasteiger partial charge in [0.15, 0.2) is 5.96 Å². The number of rotatable bonds is 6. The monoisotopic (exact) mass is 400 g/mol. The van der Waals surface area contributed by atoms with Gasteiger partial charge in [0.25, 0.3) is 0 Å². The molecule has 1 aromatic heterocycles. The first kappa shape index (κ1) is 21.4.